The van der Waals surface area contributed by atoms with Crippen molar-refractivity contribution in [3.8, 4) is 11.5 Å². The molecule has 0 spiro atoms. The van der Waals surface area contributed by atoms with Crippen LogP contribution < -0.4 is 9.47 Å². The number of halogens is 1. The zero-order chi connectivity index (χ0) is 18.5. The average molecular weight is 396 g/mol. The molecular weight excluding hydrogens is 370 g/mol. The topological polar surface area (TPSA) is 21.7 Å². The highest BCUT2D eigenvalue weighted by atomic mass is 35.5. The lowest BCUT2D eigenvalue weighted by molar-refractivity contribution is 0.105. The smallest absolute Gasteiger partial charge is 0.126 e. The van der Waals surface area contributed by atoms with Gasteiger partial charge in [-0.25, -0.2) is 0 Å². The molecule has 0 unspecified atom stereocenters. The first kappa shape index (κ1) is 20.2. The van der Waals surface area contributed by atoms with Crippen molar-refractivity contribution in [3.05, 3.63) is 95.6 Å². The molecule has 0 radical (unpaired) electrons. The van der Waals surface area contributed by atoms with Gasteiger partial charge >= 0.3 is 0 Å². The molecule has 0 fully saturated rings. The first-order valence-electron chi connectivity index (χ1n) is 9.44. The van der Waals surface area contributed by atoms with Crippen molar-refractivity contribution in [2.45, 2.75) is 25.6 Å². The molecule has 3 nitrogen and oxygen atoms in total. The summed E-state index contributed by atoms with van der Waals surface area (Å²) in [6.45, 7) is 2.49. The lowest BCUT2D eigenvalue weighted by Crippen LogP contribution is -2.42. The molecule has 28 heavy (non-hydrogen) atoms. The summed E-state index contributed by atoms with van der Waals surface area (Å²) in [7, 11) is 1.73. The van der Waals surface area contributed by atoms with Crippen LogP contribution in [0.25, 0.3) is 0 Å². The molecule has 1 aliphatic heterocycles. The van der Waals surface area contributed by atoms with Crippen LogP contribution in [0.1, 0.15) is 16.7 Å². The lowest BCUT2D eigenvalue weighted by Gasteiger charge is -2.35. The predicted molar refractivity (Wildman–Crippen MR) is 115 cm³/mol. The Morgan fingerprint density at radius 3 is 2.04 bits per heavy atom. The summed E-state index contributed by atoms with van der Waals surface area (Å²) in [6, 6.07) is 27.6. The molecule has 0 saturated carbocycles. The molecule has 0 amide bonds. The SMILES string of the molecule is COc1cccc2c1C[C@@H](N(Cc1ccccc1)Cc1ccccc1)CO2.Cl. The number of ether oxygens (including phenoxy) is 2. The Morgan fingerprint density at radius 1 is 0.857 bits per heavy atom. The van der Waals surface area contributed by atoms with Crippen LogP contribution >= 0.6 is 12.4 Å². The molecule has 1 atom stereocenters. The van der Waals surface area contributed by atoms with E-state index in [1.165, 1.54) is 16.7 Å². The third-order valence-corrected chi connectivity index (χ3v) is 5.15. The maximum absolute atomic E-state index is 6.11. The molecule has 0 aromatic heterocycles. The summed E-state index contributed by atoms with van der Waals surface area (Å²) >= 11 is 0. The Kier molecular flexibility index (Phi) is 6.96. The van der Waals surface area contributed by atoms with Crippen LogP contribution in [0, 0.1) is 0 Å². The molecule has 1 heterocycles. The van der Waals surface area contributed by atoms with Crippen LogP contribution in [0.5, 0.6) is 11.5 Å². The van der Waals surface area contributed by atoms with Gasteiger partial charge in [0.1, 0.15) is 18.1 Å². The Balaban J connectivity index is 0.00000225. The normalized spacial score (nSPS) is 15.3. The molecule has 146 valence electrons. The Labute approximate surface area is 173 Å². The van der Waals surface area contributed by atoms with E-state index < -0.39 is 0 Å². The second-order valence-electron chi connectivity index (χ2n) is 6.98. The van der Waals surface area contributed by atoms with Crippen molar-refractivity contribution >= 4 is 12.4 Å². The van der Waals surface area contributed by atoms with Crippen LogP contribution in [0.4, 0.5) is 0 Å². The number of nitrogens with zero attached hydrogens (tertiary/aromatic N) is 1. The van der Waals surface area contributed by atoms with Crippen LogP contribution in [0.2, 0.25) is 0 Å². The monoisotopic (exact) mass is 395 g/mol. The molecule has 3 aromatic rings. The van der Waals surface area contributed by atoms with Gasteiger partial charge in [-0.15, -0.1) is 12.4 Å². The highest BCUT2D eigenvalue weighted by molar-refractivity contribution is 5.85. The molecule has 3 aromatic carbocycles. The van der Waals surface area contributed by atoms with E-state index >= 15 is 0 Å². The van der Waals surface area contributed by atoms with Crippen molar-refractivity contribution in [3.63, 3.8) is 0 Å². The van der Waals surface area contributed by atoms with Gasteiger partial charge in [-0.05, 0) is 29.7 Å². The number of benzene rings is 3. The van der Waals surface area contributed by atoms with Gasteiger partial charge in [0.25, 0.3) is 0 Å². The molecule has 4 rings (SSSR count). The summed E-state index contributed by atoms with van der Waals surface area (Å²) in [5, 5.41) is 0. The summed E-state index contributed by atoms with van der Waals surface area (Å²) in [5.74, 6) is 1.86. The minimum atomic E-state index is 0. The molecule has 0 bridgehead atoms. The van der Waals surface area contributed by atoms with Gasteiger partial charge in [0, 0.05) is 24.7 Å². The van der Waals surface area contributed by atoms with Crippen LogP contribution in [-0.2, 0) is 19.5 Å². The first-order valence-corrected chi connectivity index (χ1v) is 9.44. The van der Waals surface area contributed by atoms with Gasteiger partial charge in [0.15, 0.2) is 0 Å². The van der Waals surface area contributed by atoms with Crippen molar-refractivity contribution in [2.75, 3.05) is 13.7 Å². The van der Waals surface area contributed by atoms with Gasteiger partial charge < -0.3 is 9.47 Å². The van der Waals surface area contributed by atoms with E-state index in [0.29, 0.717) is 12.6 Å². The number of hydrogen-bond acceptors (Lipinski definition) is 3. The molecule has 0 aliphatic carbocycles. The number of hydrogen-bond donors (Lipinski definition) is 0. The van der Waals surface area contributed by atoms with Crippen molar-refractivity contribution in [1.82, 2.24) is 4.90 Å². The minimum Gasteiger partial charge on any atom is -0.496 e. The second-order valence-corrected chi connectivity index (χ2v) is 6.98. The van der Waals surface area contributed by atoms with Crippen molar-refractivity contribution in [2.24, 2.45) is 0 Å². The Morgan fingerprint density at radius 2 is 1.46 bits per heavy atom. The molecule has 1 aliphatic rings. The third-order valence-electron chi connectivity index (χ3n) is 5.15. The summed E-state index contributed by atoms with van der Waals surface area (Å²) in [4.78, 5) is 2.51. The third kappa shape index (κ3) is 4.67. The van der Waals surface area contributed by atoms with E-state index in [1.807, 2.05) is 18.2 Å². The fourth-order valence-electron chi connectivity index (χ4n) is 3.74. The van der Waals surface area contributed by atoms with Crippen LogP contribution in [-0.4, -0.2) is 24.7 Å². The minimum absolute atomic E-state index is 0. The molecular formula is C24H26ClNO2. The summed E-state index contributed by atoms with van der Waals surface area (Å²) in [6.07, 6.45) is 0.930. The fraction of sp³-hybridized carbons (Fsp3) is 0.250. The first-order chi connectivity index (χ1) is 13.3. The van der Waals surface area contributed by atoms with Gasteiger partial charge in [-0.2, -0.15) is 0 Å². The standard InChI is InChI=1S/C24H25NO2.ClH/c1-26-23-13-8-14-24-22(23)15-21(18-27-24)25(16-19-9-4-2-5-10-19)17-20-11-6-3-7-12-20;/h2-14,21H,15-18H2,1H3;1H/t21-;/m1./s1. The largest absolute Gasteiger partial charge is 0.496 e. The van der Waals surface area contributed by atoms with Crippen molar-refractivity contribution in [1.29, 1.82) is 0 Å². The molecule has 0 N–H and O–H groups in total. The van der Waals surface area contributed by atoms with Gasteiger partial charge in [-0.1, -0.05) is 66.7 Å². The van der Waals surface area contributed by atoms with E-state index in [4.69, 9.17) is 9.47 Å². The highest BCUT2D eigenvalue weighted by Gasteiger charge is 2.27. The van der Waals surface area contributed by atoms with Gasteiger partial charge in [0.05, 0.1) is 7.11 Å². The van der Waals surface area contributed by atoms with E-state index in [1.54, 1.807) is 7.11 Å². The molecule has 0 saturated heterocycles. The van der Waals surface area contributed by atoms with Gasteiger partial charge in [-0.3, -0.25) is 4.90 Å². The fourth-order valence-corrected chi connectivity index (χ4v) is 3.74. The molecule has 4 heteroatoms. The second kappa shape index (κ2) is 9.63. The van der Waals surface area contributed by atoms with Gasteiger partial charge in [0.2, 0.25) is 0 Å². The Bertz CT molecular complexity index is 815. The maximum Gasteiger partial charge on any atom is 0.126 e. The summed E-state index contributed by atoms with van der Waals surface area (Å²) in [5.41, 5.74) is 3.81. The average Bonchev–Trinajstić information content (AvgIpc) is 2.74. The van der Waals surface area contributed by atoms with Crippen molar-refractivity contribution < 1.29 is 9.47 Å². The van der Waals surface area contributed by atoms with E-state index in [-0.39, 0.29) is 12.4 Å². The van der Waals surface area contributed by atoms with Crippen LogP contribution in [0.15, 0.2) is 78.9 Å². The van der Waals surface area contributed by atoms with E-state index in [0.717, 1.165) is 31.0 Å². The quantitative estimate of drug-likeness (QED) is 0.578. The lowest BCUT2D eigenvalue weighted by atomic mass is 9.99. The highest BCUT2D eigenvalue weighted by Crippen LogP contribution is 2.34. The van der Waals surface area contributed by atoms with E-state index in [9.17, 15) is 0 Å². The Hall–Kier alpha value is -2.49. The zero-order valence-electron chi connectivity index (χ0n) is 16.1. The number of methoxy groups -OCH3 is 1. The summed E-state index contributed by atoms with van der Waals surface area (Å²) < 4.78 is 11.7. The number of rotatable bonds is 6. The maximum atomic E-state index is 6.11. The zero-order valence-corrected chi connectivity index (χ0v) is 16.9. The number of fused-ring (bicyclic) bond motifs is 1. The predicted octanol–water partition coefficient (Wildman–Crippen LogP) is 5.12. The van der Waals surface area contributed by atoms with E-state index in [2.05, 4.69) is 65.6 Å². The van der Waals surface area contributed by atoms with Crippen LogP contribution in [0.3, 0.4) is 0 Å².